The second-order valence-electron chi connectivity index (χ2n) is 13.1. The van der Waals surface area contributed by atoms with Gasteiger partial charge in [0.1, 0.15) is 6.04 Å². The second kappa shape index (κ2) is 18.1. The SMILES string of the molecule is CC(N)C(=O)NC(C(=O)N1CCCC1/C=C/[C@@](C)(Cc1cccc(Cl)c1)C(=O)N[C@H](CO)Cc1ccccc1)C(C)OCc1ccccc1. The summed E-state index contributed by atoms with van der Waals surface area (Å²) in [5, 5.41) is 16.6. The zero-order valence-corrected chi connectivity index (χ0v) is 29.3. The quantitative estimate of drug-likeness (QED) is 0.163. The molecule has 0 radical (unpaired) electrons. The summed E-state index contributed by atoms with van der Waals surface area (Å²) in [5.41, 5.74) is 7.65. The van der Waals surface area contributed by atoms with Crippen LogP contribution in [0.4, 0.5) is 0 Å². The van der Waals surface area contributed by atoms with Gasteiger partial charge in [-0.1, -0.05) is 96.5 Å². The maximum atomic E-state index is 14.1. The number of benzene rings is 3. The van der Waals surface area contributed by atoms with E-state index in [0.29, 0.717) is 30.8 Å². The van der Waals surface area contributed by atoms with Crippen LogP contribution in [-0.4, -0.2) is 71.2 Å². The number of hydrogen-bond donors (Lipinski definition) is 4. The third kappa shape index (κ3) is 11.0. The Labute approximate surface area is 294 Å². The van der Waals surface area contributed by atoms with Crippen LogP contribution >= 0.6 is 11.6 Å². The van der Waals surface area contributed by atoms with Crippen LogP contribution < -0.4 is 16.4 Å². The highest BCUT2D eigenvalue weighted by Gasteiger charge is 2.38. The average molecular weight is 689 g/mol. The molecule has 6 atom stereocenters. The summed E-state index contributed by atoms with van der Waals surface area (Å²) in [5.74, 6) is -0.968. The van der Waals surface area contributed by atoms with Gasteiger partial charge in [0, 0.05) is 11.6 Å². The summed E-state index contributed by atoms with van der Waals surface area (Å²) in [6.45, 7) is 5.74. The van der Waals surface area contributed by atoms with Crippen LogP contribution in [0.1, 0.15) is 50.3 Å². The fourth-order valence-corrected chi connectivity index (χ4v) is 6.24. The maximum Gasteiger partial charge on any atom is 0.248 e. The second-order valence-corrected chi connectivity index (χ2v) is 13.6. The lowest BCUT2D eigenvalue weighted by Crippen LogP contribution is -2.57. The third-order valence-electron chi connectivity index (χ3n) is 8.93. The molecule has 262 valence electrons. The van der Waals surface area contributed by atoms with Gasteiger partial charge in [-0.25, -0.2) is 0 Å². The average Bonchev–Trinajstić information content (AvgIpc) is 3.57. The molecule has 0 aromatic heterocycles. The Morgan fingerprint density at radius 3 is 2.29 bits per heavy atom. The van der Waals surface area contributed by atoms with Crippen molar-refractivity contribution in [2.24, 2.45) is 11.1 Å². The molecule has 0 saturated carbocycles. The van der Waals surface area contributed by atoms with Gasteiger partial charge in [-0.05, 0) is 75.3 Å². The number of nitrogens with two attached hydrogens (primary N) is 1. The van der Waals surface area contributed by atoms with Gasteiger partial charge in [0.25, 0.3) is 0 Å². The lowest BCUT2D eigenvalue weighted by molar-refractivity contribution is -0.141. The van der Waals surface area contributed by atoms with E-state index in [2.05, 4.69) is 10.6 Å². The largest absolute Gasteiger partial charge is 0.394 e. The first-order valence-electron chi connectivity index (χ1n) is 16.9. The molecule has 4 unspecified atom stereocenters. The predicted molar refractivity (Wildman–Crippen MR) is 193 cm³/mol. The van der Waals surface area contributed by atoms with Crippen LogP contribution in [0.25, 0.3) is 0 Å². The molecule has 0 spiro atoms. The van der Waals surface area contributed by atoms with Crippen molar-refractivity contribution in [2.75, 3.05) is 13.2 Å². The van der Waals surface area contributed by atoms with Crippen molar-refractivity contribution < 1.29 is 24.2 Å². The van der Waals surface area contributed by atoms with Crippen LogP contribution in [0, 0.1) is 5.41 Å². The first kappa shape index (κ1) is 37.8. The number of amides is 3. The monoisotopic (exact) mass is 688 g/mol. The minimum absolute atomic E-state index is 0.221. The molecule has 3 aromatic carbocycles. The third-order valence-corrected chi connectivity index (χ3v) is 9.17. The summed E-state index contributed by atoms with van der Waals surface area (Å²) >= 11 is 6.31. The van der Waals surface area contributed by atoms with Crippen LogP contribution in [0.5, 0.6) is 0 Å². The van der Waals surface area contributed by atoms with Crippen LogP contribution in [0.2, 0.25) is 5.02 Å². The highest BCUT2D eigenvalue weighted by molar-refractivity contribution is 6.30. The summed E-state index contributed by atoms with van der Waals surface area (Å²) in [4.78, 5) is 42.7. The number of nitrogens with one attached hydrogen (secondary N) is 2. The summed E-state index contributed by atoms with van der Waals surface area (Å²) in [7, 11) is 0. The van der Waals surface area contributed by atoms with E-state index in [9.17, 15) is 19.5 Å². The Kier molecular flexibility index (Phi) is 14.0. The molecular weight excluding hydrogens is 640 g/mol. The van der Waals surface area contributed by atoms with Crippen molar-refractivity contribution in [3.8, 4) is 0 Å². The van der Waals surface area contributed by atoms with E-state index in [1.54, 1.807) is 24.8 Å². The van der Waals surface area contributed by atoms with Crippen molar-refractivity contribution in [1.29, 1.82) is 0 Å². The normalized spacial score (nSPS) is 18.3. The van der Waals surface area contributed by atoms with Gasteiger partial charge in [-0.3, -0.25) is 14.4 Å². The number of carbonyl (C=O) groups is 3. The molecule has 1 saturated heterocycles. The summed E-state index contributed by atoms with van der Waals surface area (Å²) in [6, 6.07) is 24.2. The fraction of sp³-hybridized carbons (Fsp3) is 0.410. The van der Waals surface area contributed by atoms with E-state index < -0.39 is 35.6 Å². The van der Waals surface area contributed by atoms with Gasteiger partial charge in [0.2, 0.25) is 17.7 Å². The molecule has 1 heterocycles. The van der Waals surface area contributed by atoms with Crippen molar-refractivity contribution in [2.45, 2.75) is 83.3 Å². The number of carbonyl (C=O) groups excluding carboxylic acids is 3. The molecule has 0 aliphatic carbocycles. The molecule has 1 fully saturated rings. The minimum atomic E-state index is -1.04. The van der Waals surface area contributed by atoms with E-state index in [1.165, 1.54) is 0 Å². The molecule has 5 N–H and O–H groups in total. The van der Waals surface area contributed by atoms with Gasteiger partial charge < -0.3 is 31.1 Å². The molecule has 9 nitrogen and oxygen atoms in total. The minimum Gasteiger partial charge on any atom is -0.394 e. The Balaban J connectivity index is 1.56. The molecule has 49 heavy (non-hydrogen) atoms. The van der Waals surface area contributed by atoms with Crippen LogP contribution in [-0.2, 0) is 38.6 Å². The zero-order chi connectivity index (χ0) is 35.4. The first-order chi connectivity index (χ1) is 23.5. The van der Waals surface area contributed by atoms with E-state index in [4.69, 9.17) is 22.1 Å². The van der Waals surface area contributed by atoms with Crippen molar-refractivity contribution in [3.05, 3.63) is 119 Å². The van der Waals surface area contributed by atoms with Gasteiger partial charge in [-0.2, -0.15) is 0 Å². The number of rotatable bonds is 16. The number of aliphatic hydroxyl groups excluding tert-OH is 1. The van der Waals surface area contributed by atoms with Gasteiger partial charge >= 0.3 is 0 Å². The zero-order valence-electron chi connectivity index (χ0n) is 28.6. The molecule has 3 aromatic rings. The molecule has 10 heteroatoms. The van der Waals surface area contributed by atoms with E-state index in [-0.39, 0.29) is 31.1 Å². The fourth-order valence-electron chi connectivity index (χ4n) is 6.03. The summed E-state index contributed by atoms with van der Waals surface area (Å²) < 4.78 is 6.09. The van der Waals surface area contributed by atoms with E-state index in [0.717, 1.165) is 23.1 Å². The van der Waals surface area contributed by atoms with Gasteiger partial charge in [0.05, 0.1) is 42.9 Å². The Bertz CT molecular complexity index is 1550. The number of aliphatic hydroxyl groups is 1. The number of likely N-dealkylation sites (tertiary alicyclic amines) is 1. The molecule has 1 aliphatic rings. The van der Waals surface area contributed by atoms with E-state index >= 15 is 0 Å². The number of nitrogens with zero attached hydrogens (tertiary/aromatic N) is 1. The van der Waals surface area contributed by atoms with Crippen LogP contribution in [0.3, 0.4) is 0 Å². The maximum absolute atomic E-state index is 14.1. The topological polar surface area (TPSA) is 134 Å². The summed E-state index contributed by atoms with van der Waals surface area (Å²) in [6.07, 6.45) is 5.41. The predicted octanol–water partition coefficient (Wildman–Crippen LogP) is 4.59. The molecule has 1 aliphatic heterocycles. The first-order valence-corrected chi connectivity index (χ1v) is 17.3. The van der Waals surface area contributed by atoms with Crippen LogP contribution in [0.15, 0.2) is 97.1 Å². The molecule has 0 bridgehead atoms. The molecular formula is C39H49ClN4O5. The van der Waals surface area contributed by atoms with Gasteiger partial charge in [0.15, 0.2) is 0 Å². The Morgan fingerprint density at radius 2 is 1.65 bits per heavy atom. The molecule has 3 amide bonds. The number of halogens is 1. The Hall–Kier alpha value is -4.02. The van der Waals surface area contributed by atoms with Gasteiger partial charge in [-0.15, -0.1) is 0 Å². The van der Waals surface area contributed by atoms with E-state index in [1.807, 2.05) is 97.9 Å². The number of ether oxygens (including phenoxy) is 1. The highest BCUT2D eigenvalue weighted by atomic mass is 35.5. The molecule has 4 rings (SSSR count). The lowest BCUT2D eigenvalue weighted by atomic mass is 9.81. The van der Waals surface area contributed by atoms with Crippen molar-refractivity contribution >= 4 is 29.3 Å². The van der Waals surface area contributed by atoms with Crippen molar-refractivity contribution in [1.82, 2.24) is 15.5 Å². The number of hydrogen-bond acceptors (Lipinski definition) is 6. The van der Waals surface area contributed by atoms with Crippen molar-refractivity contribution in [3.63, 3.8) is 0 Å². The Morgan fingerprint density at radius 1 is 1.00 bits per heavy atom. The standard InChI is InChI=1S/C39H49ClN4O5/c1-27(41)36(46)43-35(28(2)49-26-30-14-8-5-9-15-30)37(47)44-21-11-18-34(44)19-20-39(3,24-31-16-10-17-32(40)22-31)38(48)42-33(25-45)23-29-12-6-4-7-13-29/h4-10,12-17,19-20,22,27-28,33-35,45H,11,18,21,23-26,41H2,1-3H3,(H,42,48)(H,43,46)/b20-19+/t27?,28?,33-,34?,35?,39-/m0/s1. The highest BCUT2D eigenvalue weighted by Crippen LogP contribution is 2.29. The smallest absolute Gasteiger partial charge is 0.248 e. The lowest BCUT2D eigenvalue weighted by Gasteiger charge is -2.32.